The van der Waals surface area contributed by atoms with E-state index in [9.17, 15) is 9.90 Å². The highest BCUT2D eigenvalue weighted by atomic mass is 16.5. The van der Waals surface area contributed by atoms with Gasteiger partial charge in [0.15, 0.2) is 0 Å². The van der Waals surface area contributed by atoms with Gasteiger partial charge in [0.05, 0.1) is 36.7 Å². The highest BCUT2D eigenvalue weighted by molar-refractivity contribution is 5.94. The van der Waals surface area contributed by atoms with Crippen LogP contribution in [0.3, 0.4) is 0 Å². The van der Waals surface area contributed by atoms with Crippen LogP contribution < -0.4 is 5.32 Å². The minimum absolute atomic E-state index is 0.0633. The van der Waals surface area contributed by atoms with E-state index in [-0.39, 0.29) is 24.2 Å². The minimum atomic E-state index is -0.567. The lowest BCUT2D eigenvalue weighted by atomic mass is 9.80. The van der Waals surface area contributed by atoms with Crippen molar-refractivity contribution in [3.8, 4) is 0 Å². The summed E-state index contributed by atoms with van der Waals surface area (Å²) in [6.45, 7) is 7.06. The Bertz CT molecular complexity index is 664. The summed E-state index contributed by atoms with van der Waals surface area (Å²) in [5.74, 6) is -0.0758. The van der Waals surface area contributed by atoms with Crippen LogP contribution in [0.2, 0.25) is 0 Å². The molecule has 2 heterocycles. The van der Waals surface area contributed by atoms with Crippen LogP contribution in [0.15, 0.2) is 0 Å². The Morgan fingerprint density at radius 1 is 1.41 bits per heavy atom. The Hall–Kier alpha value is -1.44. The number of aliphatic hydroxyl groups is 1. The van der Waals surface area contributed by atoms with E-state index in [1.165, 1.54) is 0 Å². The number of hydrogen-bond acceptors (Lipinski definition) is 5. The maximum atomic E-state index is 13.2. The molecule has 1 aliphatic carbocycles. The van der Waals surface area contributed by atoms with Crippen LogP contribution >= 0.6 is 0 Å². The molecule has 1 aromatic heterocycles. The lowest BCUT2D eigenvalue weighted by molar-refractivity contribution is -0.00774. The van der Waals surface area contributed by atoms with E-state index in [1.807, 2.05) is 20.8 Å². The third-order valence-electron chi connectivity index (χ3n) is 6.03. The monoisotopic (exact) mass is 379 g/mol. The van der Waals surface area contributed by atoms with Crippen molar-refractivity contribution in [2.75, 3.05) is 13.7 Å². The SMILES string of the molecule is CCC1(O)CCC(NC(=O)c2c3c(nn2CCOC)[C@H](C)O[C@H](C)C3)CC1. The summed E-state index contributed by atoms with van der Waals surface area (Å²) in [5.41, 5.74) is 1.93. The smallest absolute Gasteiger partial charge is 0.270 e. The number of amides is 1. The molecule has 2 atom stereocenters. The van der Waals surface area contributed by atoms with Gasteiger partial charge in [-0.25, -0.2) is 0 Å². The predicted octanol–water partition coefficient (Wildman–Crippen LogP) is 2.37. The second-order valence-corrected chi connectivity index (χ2v) is 8.05. The summed E-state index contributed by atoms with van der Waals surface area (Å²) in [7, 11) is 1.65. The predicted molar refractivity (Wildman–Crippen MR) is 102 cm³/mol. The summed E-state index contributed by atoms with van der Waals surface area (Å²) in [4.78, 5) is 13.2. The van der Waals surface area contributed by atoms with Crippen LogP contribution in [0.5, 0.6) is 0 Å². The van der Waals surface area contributed by atoms with E-state index in [1.54, 1.807) is 11.8 Å². The number of ether oxygens (including phenoxy) is 2. The van der Waals surface area contributed by atoms with Crippen molar-refractivity contribution >= 4 is 5.91 Å². The molecular weight excluding hydrogens is 346 g/mol. The molecule has 0 bridgehead atoms. The second kappa shape index (κ2) is 8.29. The van der Waals surface area contributed by atoms with Crippen molar-refractivity contribution in [1.29, 1.82) is 0 Å². The topological polar surface area (TPSA) is 85.6 Å². The molecule has 152 valence electrons. The lowest BCUT2D eigenvalue weighted by Crippen LogP contribution is -2.44. The number of carbonyl (C=O) groups is 1. The zero-order chi connectivity index (χ0) is 19.6. The molecule has 7 heteroatoms. The van der Waals surface area contributed by atoms with Gasteiger partial charge < -0.3 is 19.9 Å². The highest BCUT2D eigenvalue weighted by Gasteiger charge is 2.35. The number of nitrogens with zero attached hydrogens (tertiary/aromatic N) is 2. The van der Waals surface area contributed by atoms with Crippen molar-refractivity contribution in [3.63, 3.8) is 0 Å². The van der Waals surface area contributed by atoms with E-state index in [0.717, 1.165) is 43.4 Å². The second-order valence-electron chi connectivity index (χ2n) is 8.05. The van der Waals surface area contributed by atoms with Crippen LogP contribution in [-0.2, 0) is 22.4 Å². The first kappa shape index (κ1) is 20.3. The summed E-state index contributed by atoms with van der Waals surface area (Å²) in [6, 6.07) is 0.0976. The van der Waals surface area contributed by atoms with Crippen LogP contribution in [0, 0.1) is 0 Å². The molecule has 1 amide bonds. The van der Waals surface area contributed by atoms with Gasteiger partial charge in [0.25, 0.3) is 5.91 Å². The molecule has 0 unspecified atom stereocenters. The molecule has 7 nitrogen and oxygen atoms in total. The molecule has 0 saturated heterocycles. The molecule has 0 radical (unpaired) electrons. The Kier molecular flexibility index (Phi) is 6.23. The molecule has 2 aliphatic rings. The number of hydrogen-bond donors (Lipinski definition) is 2. The summed E-state index contributed by atoms with van der Waals surface area (Å²) >= 11 is 0. The number of fused-ring (bicyclic) bond motifs is 1. The third kappa shape index (κ3) is 4.36. The Morgan fingerprint density at radius 3 is 2.74 bits per heavy atom. The molecular formula is C20H33N3O4. The van der Waals surface area contributed by atoms with Crippen molar-refractivity contribution in [1.82, 2.24) is 15.1 Å². The lowest BCUT2D eigenvalue weighted by Gasteiger charge is -2.35. The Labute approximate surface area is 161 Å². The fourth-order valence-electron chi connectivity index (χ4n) is 4.29. The van der Waals surface area contributed by atoms with Gasteiger partial charge in [-0.05, 0) is 46.0 Å². The van der Waals surface area contributed by atoms with Gasteiger partial charge in [-0.15, -0.1) is 0 Å². The van der Waals surface area contributed by atoms with Crippen LogP contribution in [-0.4, -0.2) is 52.3 Å². The highest BCUT2D eigenvalue weighted by Crippen LogP contribution is 2.33. The molecule has 1 aliphatic heterocycles. The van der Waals surface area contributed by atoms with Gasteiger partial charge in [-0.1, -0.05) is 6.92 Å². The first-order valence-electron chi connectivity index (χ1n) is 10.1. The maximum absolute atomic E-state index is 13.2. The van der Waals surface area contributed by atoms with E-state index >= 15 is 0 Å². The van der Waals surface area contributed by atoms with Gasteiger partial charge in [-0.3, -0.25) is 9.48 Å². The van der Waals surface area contributed by atoms with Crippen molar-refractivity contribution in [3.05, 3.63) is 17.0 Å². The zero-order valence-corrected chi connectivity index (χ0v) is 17.0. The third-order valence-corrected chi connectivity index (χ3v) is 6.03. The van der Waals surface area contributed by atoms with E-state index in [2.05, 4.69) is 10.4 Å². The largest absolute Gasteiger partial charge is 0.390 e. The summed E-state index contributed by atoms with van der Waals surface area (Å²) in [6.07, 6.45) is 4.48. The number of aromatic nitrogens is 2. The first-order chi connectivity index (χ1) is 12.9. The van der Waals surface area contributed by atoms with Crippen molar-refractivity contribution < 1.29 is 19.4 Å². The molecule has 27 heavy (non-hydrogen) atoms. The average Bonchev–Trinajstić information content (AvgIpc) is 3.00. The van der Waals surface area contributed by atoms with E-state index in [0.29, 0.717) is 25.3 Å². The van der Waals surface area contributed by atoms with Crippen LogP contribution in [0.1, 0.15) is 80.7 Å². The maximum Gasteiger partial charge on any atom is 0.270 e. The molecule has 1 saturated carbocycles. The normalized spacial score (nSPS) is 30.8. The van der Waals surface area contributed by atoms with E-state index < -0.39 is 5.60 Å². The fraction of sp³-hybridized carbons (Fsp3) is 0.800. The van der Waals surface area contributed by atoms with Gasteiger partial charge in [0, 0.05) is 25.1 Å². The summed E-state index contributed by atoms with van der Waals surface area (Å²) < 4.78 is 12.8. The fourth-order valence-corrected chi connectivity index (χ4v) is 4.29. The van der Waals surface area contributed by atoms with Gasteiger partial charge in [0.2, 0.25) is 0 Å². The average molecular weight is 380 g/mol. The molecule has 1 aromatic rings. The summed E-state index contributed by atoms with van der Waals surface area (Å²) in [5, 5.41) is 18.3. The number of carbonyl (C=O) groups excluding carboxylic acids is 1. The molecule has 2 N–H and O–H groups in total. The van der Waals surface area contributed by atoms with Crippen LogP contribution in [0.4, 0.5) is 0 Å². The number of rotatable bonds is 6. The molecule has 0 aromatic carbocycles. The first-order valence-corrected chi connectivity index (χ1v) is 10.1. The van der Waals surface area contributed by atoms with E-state index in [4.69, 9.17) is 9.47 Å². The number of methoxy groups -OCH3 is 1. The Balaban J connectivity index is 1.79. The van der Waals surface area contributed by atoms with Gasteiger partial charge in [-0.2, -0.15) is 5.10 Å². The van der Waals surface area contributed by atoms with Gasteiger partial charge in [0.1, 0.15) is 5.69 Å². The van der Waals surface area contributed by atoms with Gasteiger partial charge >= 0.3 is 0 Å². The quantitative estimate of drug-likeness (QED) is 0.793. The number of nitrogens with one attached hydrogen (secondary N) is 1. The standard InChI is InChI=1S/C20H33N3O4/c1-5-20(25)8-6-15(7-9-20)21-19(24)18-16-12-13(2)27-14(3)17(16)22-23(18)10-11-26-4/h13-15,25H,5-12H2,1-4H3,(H,21,24)/t13-,14+,15?,20?/m1/s1. The van der Waals surface area contributed by atoms with Crippen LogP contribution in [0.25, 0.3) is 0 Å². The van der Waals surface area contributed by atoms with Crippen molar-refractivity contribution in [2.45, 2.75) is 89.7 Å². The Morgan fingerprint density at radius 2 is 2.11 bits per heavy atom. The van der Waals surface area contributed by atoms with Crippen molar-refractivity contribution in [2.24, 2.45) is 0 Å². The minimum Gasteiger partial charge on any atom is -0.390 e. The molecule has 3 rings (SSSR count). The molecule has 1 fully saturated rings. The molecule has 0 spiro atoms. The zero-order valence-electron chi connectivity index (χ0n) is 17.0.